The van der Waals surface area contributed by atoms with Gasteiger partial charge in [-0.15, -0.1) is 0 Å². The highest BCUT2D eigenvalue weighted by Crippen LogP contribution is 2.11. The Labute approximate surface area is 78.9 Å². The van der Waals surface area contributed by atoms with E-state index in [1.54, 1.807) is 0 Å². The highest BCUT2D eigenvalue weighted by molar-refractivity contribution is 7.99. The van der Waals surface area contributed by atoms with Crippen LogP contribution in [0, 0.1) is 0 Å². The molecule has 1 amide bonds. The van der Waals surface area contributed by atoms with Gasteiger partial charge in [0.25, 0.3) is 0 Å². The topological polar surface area (TPSA) is 54.9 Å². The lowest BCUT2D eigenvalue weighted by Crippen LogP contribution is -2.21. The van der Waals surface area contributed by atoms with Gasteiger partial charge in [-0.05, 0) is 13.2 Å². The van der Waals surface area contributed by atoms with E-state index in [4.69, 9.17) is 0 Å². The molecule has 1 unspecified atom stereocenters. The van der Waals surface area contributed by atoms with Gasteiger partial charge in [0.05, 0.1) is 5.25 Å². The first-order valence-corrected chi connectivity index (χ1v) is 5.40. The summed E-state index contributed by atoms with van der Waals surface area (Å²) in [7, 11) is 0. The van der Waals surface area contributed by atoms with Crippen LogP contribution in [-0.4, -0.2) is 26.8 Å². The van der Waals surface area contributed by atoms with E-state index in [0.717, 1.165) is 0 Å². The molecule has 0 aliphatic carbocycles. The van der Waals surface area contributed by atoms with E-state index in [9.17, 15) is 4.79 Å². The molecule has 0 aliphatic heterocycles. The van der Waals surface area contributed by atoms with E-state index >= 15 is 0 Å². The zero-order valence-corrected chi connectivity index (χ0v) is 8.41. The maximum Gasteiger partial charge on any atom is 0.239 e. The lowest BCUT2D eigenvalue weighted by molar-refractivity contribution is -0.115. The molecule has 66 valence electrons. The molecule has 1 atom stereocenters. The number of nitrogens with one attached hydrogen (secondary N) is 1. The minimum Gasteiger partial charge on any atom is -0.300 e. The van der Waals surface area contributed by atoms with Gasteiger partial charge in [-0.25, -0.2) is 4.98 Å². The number of hydrogen-bond acceptors (Lipinski definition) is 5. The summed E-state index contributed by atoms with van der Waals surface area (Å²) in [5.74, 6) is -0.0285. The maximum atomic E-state index is 11.2. The standard InChI is InChI=1S/C6H9N3OS2/c1-4(11-2)5(10)9-6-7-3-8-12-6/h3-4H,1-2H3,(H,7,8,9,10). The number of aromatic nitrogens is 2. The third-order valence-corrected chi connectivity index (χ3v) is 2.82. The third-order valence-electron chi connectivity index (χ3n) is 1.31. The fourth-order valence-electron chi connectivity index (χ4n) is 0.542. The number of hydrogen-bond donors (Lipinski definition) is 1. The summed E-state index contributed by atoms with van der Waals surface area (Å²) in [6.45, 7) is 1.85. The van der Waals surface area contributed by atoms with E-state index in [-0.39, 0.29) is 11.2 Å². The van der Waals surface area contributed by atoms with Crippen LogP contribution in [-0.2, 0) is 4.79 Å². The van der Waals surface area contributed by atoms with Gasteiger partial charge < -0.3 is 0 Å². The van der Waals surface area contributed by atoms with Crippen molar-refractivity contribution in [3.05, 3.63) is 6.33 Å². The van der Waals surface area contributed by atoms with Crippen LogP contribution in [0.4, 0.5) is 5.13 Å². The average molecular weight is 203 g/mol. The summed E-state index contributed by atoms with van der Waals surface area (Å²) < 4.78 is 3.77. The summed E-state index contributed by atoms with van der Waals surface area (Å²) in [6.07, 6.45) is 3.31. The van der Waals surface area contributed by atoms with Gasteiger partial charge in [0.1, 0.15) is 6.33 Å². The molecule has 1 rings (SSSR count). The second kappa shape index (κ2) is 4.42. The predicted molar refractivity (Wildman–Crippen MR) is 51.5 cm³/mol. The molecule has 0 fully saturated rings. The van der Waals surface area contributed by atoms with E-state index in [2.05, 4.69) is 14.7 Å². The molecule has 1 N–H and O–H groups in total. The average Bonchev–Trinajstić information content (AvgIpc) is 2.55. The molecule has 12 heavy (non-hydrogen) atoms. The Hall–Kier alpha value is -0.620. The van der Waals surface area contributed by atoms with Crippen LogP contribution in [0.3, 0.4) is 0 Å². The molecule has 0 aliphatic rings. The first kappa shape index (κ1) is 9.47. The second-order valence-corrected chi connectivity index (χ2v) is 4.07. The quantitative estimate of drug-likeness (QED) is 0.802. The van der Waals surface area contributed by atoms with Crippen molar-refractivity contribution < 1.29 is 4.79 Å². The van der Waals surface area contributed by atoms with Gasteiger partial charge in [0.2, 0.25) is 11.0 Å². The summed E-state index contributed by atoms with van der Waals surface area (Å²) >= 11 is 2.68. The predicted octanol–water partition coefficient (Wildman–Crippen LogP) is 1.23. The number of carbonyl (C=O) groups is 1. The van der Waals surface area contributed by atoms with Crippen molar-refractivity contribution in [1.82, 2.24) is 9.36 Å². The molecule has 1 aromatic rings. The van der Waals surface area contributed by atoms with Crippen LogP contribution in [0.15, 0.2) is 6.33 Å². The lowest BCUT2D eigenvalue weighted by atomic mass is 10.4. The fourth-order valence-corrected chi connectivity index (χ4v) is 1.25. The third kappa shape index (κ3) is 2.46. The van der Waals surface area contributed by atoms with Crippen LogP contribution in [0.25, 0.3) is 0 Å². The van der Waals surface area contributed by atoms with Crippen molar-refractivity contribution in [2.24, 2.45) is 0 Å². The van der Waals surface area contributed by atoms with E-state index in [1.807, 2.05) is 13.2 Å². The molecule has 1 aromatic heterocycles. The Kier molecular flexibility index (Phi) is 3.48. The minimum atomic E-state index is -0.0473. The molecule has 4 nitrogen and oxygen atoms in total. The van der Waals surface area contributed by atoms with Gasteiger partial charge >= 0.3 is 0 Å². The zero-order chi connectivity index (χ0) is 8.97. The zero-order valence-electron chi connectivity index (χ0n) is 6.77. The summed E-state index contributed by atoms with van der Waals surface area (Å²) in [4.78, 5) is 15.1. The monoisotopic (exact) mass is 203 g/mol. The van der Waals surface area contributed by atoms with E-state index in [1.165, 1.54) is 29.6 Å². The van der Waals surface area contributed by atoms with Gasteiger partial charge in [0, 0.05) is 11.5 Å². The number of thioether (sulfide) groups is 1. The van der Waals surface area contributed by atoms with Gasteiger partial charge in [-0.2, -0.15) is 16.1 Å². The summed E-state index contributed by atoms with van der Waals surface area (Å²) in [5.41, 5.74) is 0. The van der Waals surface area contributed by atoms with Gasteiger partial charge in [-0.3, -0.25) is 10.1 Å². The second-order valence-electron chi connectivity index (χ2n) is 2.11. The highest BCUT2D eigenvalue weighted by Gasteiger charge is 2.11. The highest BCUT2D eigenvalue weighted by atomic mass is 32.2. The fraction of sp³-hybridized carbons (Fsp3) is 0.500. The SMILES string of the molecule is CSC(C)C(=O)Nc1ncns1. The van der Waals surface area contributed by atoms with E-state index < -0.39 is 0 Å². The molecule has 0 saturated carbocycles. The molecule has 0 saturated heterocycles. The van der Waals surface area contributed by atoms with Gasteiger partial charge in [0.15, 0.2) is 0 Å². The van der Waals surface area contributed by atoms with Crippen molar-refractivity contribution in [2.75, 3.05) is 11.6 Å². The van der Waals surface area contributed by atoms with Crippen LogP contribution in [0.5, 0.6) is 0 Å². The molecule has 1 heterocycles. The van der Waals surface area contributed by atoms with Gasteiger partial charge in [-0.1, -0.05) is 0 Å². The molecule has 0 bridgehead atoms. The number of amides is 1. The van der Waals surface area contributed by atoms with Crippen molar-refractivity contribution in [3.8, 4) is 0 Å². The van der Waals surface area contributed by atoms with Crippen molar-refractivity contribution in [3.63, 3.8) is 0 Å². The van der Waals surface area contributed by atoms with Crippen LogP contribution >= 0.6 is 23.3 Å². The molecule has 6 heteroatoms. The number of carbonyl (C=O) groups excluding carboxylic acids is 1. The minimum absolute atomic E-state index is 0.0285. The summed E-state index contributed by atoms with van der Waals surface area (Å²) in [6, 6.07) is 0. The van der Waals surface area contributed by atoms with Crippen molar-refractivity contribution in [1.29, 1.82) is 0 Å². The van der Waals surface area contributed by atoms with Crippen LogP contribution in [0.1, 0.15) is 6.92 Å². The maximum absolute atomic E-state index is 11.2. The Bertz CT molecular complexity index is 249. The Morgan fingerprint density at radius 2 is 2.58 bits per heavy atom. The Morgan fingerprint density at radius 3 is 3.08 bits per heavy atom. The van der Waals surface area contributed by atoms with E-state index in [0.29, 0.717) is 5.13 Å². The number of anilines is 1. The Morgan fingerprint density at radius 1 is 1.83 bits per heavy atom. The smallest absolute Gasteiger partial charge is 0.239 e. The largest absolute Gasteiger partial charge is 0.300 e. The Balaban J connectivity index is 2.47. The molecule has 0 aromatic carbocycles. The normalized spacial score (nSPS) is 12.5. The first-order valence-electron chi connectivity index (χ1n) is 3.34. The van der Waals surface area contributed by atoms with Crippen LogP contribution < -0.4 is 5.32 Å². The molecule has 0 spiro atoms. The molecular formula is C6H9N3OS2. The number of rotatable bonds is 3. The molecular weight excluding hydrogens is 194 g/mol. The summed E-state index contributed by atoms with van der Waals surface area (Å²) in [5, 5.41) is 3.17. The molecule has 0 radical (unpaired) electrons. The van der Waals surface area contributed by atoms with Crippen molar-refractivity contribution in [2.45, 2.75) is 12.2 Å². The number of nitrogens with zero attached hydrogens (tertiary/aromatic N) is 2. The van der Waals surface area contributed by atoms with Crippen LogP contribution in [0.2, 0.25) is 0 Å². The van der Waals surface area contributed by atoms with Crippen molar-refractivity contribution >= 4 is 34.3 Å². The first-order chi connectivity index (χ1) is 5.74. The lowest BCUT2D eigenvalue weighted by Gasteiger charge is -2.05.